The highest BCUT2D eigenvalue weighted by atomic mass is 16.2. The van der Waals surface area contributed by atoms with Gasteiger partial charge in [0.15, 0.2) is 5.78 Å². The van der Waals surface area contributed by atoms with Gasteiger partial charge in [0.1, 0.15) is 5.54 Å². The SMILES string of the molecule is CCCc1ccc(C(=O)CN2C(=O)N[C@]3(CCCC[C@@H]3C)C2=O)cc1. The molecule has 5 nitrogen and oxygen atoms in total. The number of aryl methyl sites for hydroxylation is 1. The highest BCUT2D eigenvalue weighted by molar-refractivity contribution is 6.11. The van der Waals surface area contributed by atoms with Gasteiger partial charge in [0.2, 0.25) is 0 Å². The maximum Gasteiger partial charge on any atom is 0.325 e. The maximum atomic E-state index is 12.9. The topological polar surface area (TPSA) is 66.5 Å². The summed E-state index contributed by atoms with van der Waals surface area (Å²) in [5.74, 6) is -0.334. The molecular formula is C20H26N2O3. The van der Waals surface area contributed by atoms with Gasteiger partial charge in [0.25, 0.3) is 5.91 Å². The van der Waals surface area contributed by atoms with Gasteiger partial charge in [-0.2, -0.15) is 0 Å². The number of imide groups is 1. The zero-order valence-corrected chi connectivity index (χ0v) is 15.0. The van der Waals surface area contributed by atoms with Gasteiger partial charge < -0.3 is 5.32 Å². The lowest BCUT2D eigenvalue weighted by Gasteiger charge is -2.36. The number of rotatable bonds is 5. The number of urea groups is 1. The number of carbonyl (C=O) groups excluding carboxylic acids is 3. The van der Waals surface area contributed by atoms with Crippen LogP contribution in [0.15, 0.2) is 24.3 Å². The highest BCUT2D eigenvalue weighted by Gasteiger charge is 2.55. The van der Waals surface area contributed by atoms with E-state index < -0.39 is 11.6 Å². The van der Waals surface area contributed by atoms with Gasteiger partial charge in [-0.15, -0.1) is 0 Å². The van der Waals surface area contributed by atoms with E-state index in [-0.39, 0.29) is 24.2 Å². The third kappa shape index (κ3) is 3.20. The van der Waals surface area contributed by atoms with Gasteiger partial charge >= 0.3 is 6.03 Å². The van der Waals surface area contributed by atoms with Crippen molar-refractivity contribution in [1.29, 1.82) is 0 Å². The molecule has 3 rings (SSSR count). The van der Waals surface area contributed by atoms with Crippen LogP contribution in [0.3, 0.4) is 0 Å². The number of nitrogens with one attached hydrogen (secondary N) is 1. The second kappa shape index (κ2) is 6.98. The molecule has 0 unspecified atom stereocenters. The number of ketones is 1. The van der Waals surface area contributed by atoms with Gasteiger partial charge in [-0.3, -0.25) is 14.5 Å². The van der Waals surface area contributed by atoms with Gasteiger partial charge in [0.05, 0.1) is 6.54 Å². The van der Waals surface area contributed by atoms with Crippen LogP contribution < -0.4 is 5.32 Å². The lowest BCUT2D eigenvalue weighted by Crippen LogP contribution is -2.54. The Hall–Kier alpha value is -2.17. The van der Waals surface area contributed by atoms with Crippen molar-refractivity contribution >= 4 is 17.7 Å². The van der Waals surface area contributed by atoms with Crippen LogP contribution >= 0.6 is 0 Å². The first-order valence-corrected chi connectivity index (χ1v) is 9.24. The molecule has 1 N–H and O–H groups in total. The monoisotopic (exact) mass is 342 g/mol. The van der Waals surface area contributed by atoms with Crippen LogP contribution in [0.2, 0.25) is 0 Å². The van der Waals surface area contributed by atoms with Crippen LogP contribution in [0.25, 0.3) is 0 Å². The fraction of sp³-hybridized carbons (Fsp3) is 0.550. The molecule has 1 saturated heterocycles. The fourth-order valence-electron chi connectivity index (χ4n) is 4.02. The quantitative estimate of drug-likeness (QED) is 0.659. The Kier molecular flexibility index (Phi) is 4.93. The largest absolute Gasteiger partial charge is 0.325 e. The van der Waals surface area contributed by atoms with Gasteiger partial charge in [-0.25, -0.2) is 4.79 Å². The number of carbonyl (C=O) groups is 3. The molecule has 2 fully saturated rings. The summed E-state index contributed by atoms with van der Waals surface area (Å²) in [5.41, 5.74) is 0.919. The lowest BCUT2D eigenvalue weighted by atomic mass is 9.73. The van der Waals surface area contributed by atoms with E-state index in [2.05, 4.69) is 12.2 Å². The number of amides is 3. The molecule has 2 aliphatic rings. The maximum absolute atomic E-state index is 12.9. The molecule has 2 atom stereocenters. The Labute approximate surface area is 148 Å². The Morgan fingerprint density at radius 3 is 2.60 bits per heavy atom. The number of hydrogen-bond donors (Lipinski definition) is 1. The smallest absolute Gasteiger partial charge is 0.323 e. The van der Waals surface area contributed by atoms with Gasteiger partial charge in [-0.1, -0.05) is 57.4 Å². The second-order valence-corrected chi connectivity index (χ2v) is 7.31. The van der Waals surface area contributed by atoms with Crippen molar-refractivity contribution in [2.24, 2.45) is 5.92 Å². The standard InChI is InChI=1S/C20H26N2O3/c1-3-6-15-8-10-16(11-9-15)17(23)13-22-18(24)20(21-19(22)25)12-5-4-7-14(20)2/h8-11,14H,3-7,12-13H2,1-2H3,(H,21,25)/t14-,20-/m0/s1. The zero-order valence-electron chi connectivity index (χ0n) is 15.0. The third-order valence-electron chi connectivity index (χ3n) is 5.62. The van der Waals surface area contributed by atoms with E-state index in [1.807, 2.05) is 19.1 Å². The van der Waals surface area contributed by atoms with Gasteiger partial charge in [-0.05, 0) is 30.7 Å². The molecular weight excluding hydrogens is 316 g/mol. The van der Waals surface area contributed by atoms with Crippen LogP contribution in [0.1, 0.15) is 61.9 Å². The van der Waals surface area contributed by atoms with Crippen molar-refractivity contribution in [3.8, 4) is 0 Å². The minimum atomic E-state index is -0.805. The Morgan fingerprint density at radius 2 is 1.96 bits per heavy atom. The predicted octanol–water partition coefficient (Wildman–Crippen LogP) is 3.32. The van der Waals surface area contributed by atoms with E-state index in [4.69, 9.17) is 0 Å². The van der Waals surface area contributed by atoms with Crippen molar-refractivity contribution in [3.63, 3.8) is 0 Å². The average Bonchev–Trinajstić information content (AvgIpc) is 2.83. The van der Waals surface area contributed by atoms with Crippen LogP contribution in [-0.2, 0) is 11.2 Å². The Bertz CT molecular complexity index is 683. The fourth-order valence-corrected chi connectivity index (χ4v) is 4.02. The first kappa shape index (κ1) is 17.6. The van der Waals surface area contributed by atoms with E-state index in [0.29, 0.717) is 12.0 Å². The molecule has 3 amide bonds. The first-order chi connectivity index (χ1) is 12.0. The normalized spacial score (nSPS) is 26.2. The summed E-state index contributed by atoms with van der Waals surface area (Å²) in [4.78, 5) is 38.9. The molecule has 1 aliphatic heterocycles. The molecule has 1 aromatic carbocycles. The van der Waals surface area contributed by atoms with E-state index >= 15 is 0 Å². The number of benzene rings is 1. The number of hydrogen-bond acceptors (Lipinski definition) is 3. The summed E-state index contributed by atoms with van der Waals surface area (Å²) in [6.07, 6.45) is 5.62. The molecule has 1 saturated carbocycles. The second-order valence-electron chi connectivity index (χ2n) is 7.31. The molecule has 134 valence electrons. The van der Waals surface area contributed by atoms with Crippen molar-refractivity contribution in [1.82, 2.24) is 10.2 Å². The van der Waals surface area contributed by atoms with E-state index in [1.165, 1.54) is 5.56 Å². The molecule has 1 aromatic rings. The minimum Gasteiger partial charge on any atom is -0.323 e. The molecule has 5 heteroatoms. The van der Waals surface area contributed by atoms with Gasteiger partial charge in [0, 0.05) is 5.56 Å². The first-order valence-electron chi connectivity index (χ1n) is 9.24. The highest BCUT2D eigenvalue weighted by Crippen LogP contribution is 2.38. The van der Waals surface area contributed by atoms with E-state index in [1.54, 1.807) is 12.1 Å². The van der Waals surface area contributed by atoms with Crippen LogP contribution in [0.4, 0.5) is 4.79 Å². The molecule has 0 radical (unpaired) electrons. The van der Waals surface area contributed by atoms with Crippen LogP contribution in [0.5, 0.6) is 0 Å². The summed E-state index contributed by atoms with van der Waals surface area (Å²) in [7, 11) is 0. The minimum absolute atomic E-state index is 0.103. The Balaban J connectivity index is 1.72. The third-order valence-corrected chi connectivity index (χ3v) is 5.62. The number of Topliss-reactive ketones (excluding diaryl/α,β-unsaturated/α-hetero) is 1. The van der Waals surface area contributed by atoms with Crippen molar-refractivity contribution in [2.45, 2.75) is 57.9 Å². The molecule has 0 bridgehead atoms. The molecule has 0 aromatic heterocycles. The van der Waals surface area contributed by atoms with Crippen LogP contribution in [-0.4, -0.2) is 34.7 Å². The summed E-state index contributed by atoms with van der Waals surface area (Å²) < 4.78 is 0. The zero-order chi connectivity index (χ0) is 18.0. The summed E-state index contributed by atoms with van der Waals surface area (Å²) in [6, 6.07) is 7.01. The lowest BCUT2D eigenvalue weighted by molar-refractivity contribution is -0.133. The Morgan fingerprint density at radius 1 is 1.24 bits per heavy atom. The summed E-state index contributed by atoms with van der Waals surface area (Å²) in [6.45, 7) is 3.93. The summed E-state index contributed by atoms with van der Waals surface area (Å²) in [5, 5.41) is 2.89. The summed E-state index contributed by atoms with van der Waals surface area (Å²) >= 11 is 0. The molecule has 1 aliphatic carbocycles. The van der Waals surface area contributed by atoms with Crippen molar-refractivity contribution < 1.29 is 14.4 Å². The molecule has 25 heavy (non-hydrogen) atoms. The predicted molar refractivity (Wildman–Crippen MR) is 95.4 cm³/mol. The number of nitrogens with zero attached hydrogens (tertiary/aromatic N) is 1. The van der Waals surface area contributed by atoms with Crippen molar-refractivity contribution in [2.75, 3.05) is 6.54 Å². The van der Waals surface area contributed by atoms with Crippen LogP contribution in [0, 0.1) is 5.92 Å². The molecule has 1 heterocycles. The van der Waals surface area contributed by atoms with E-state index in [0.717, 1.165) is 37.0 Å². The average molecular weight is 342 g/mol. The van der Waals surface area contributed by atoms with E-state index in [9.17, 15) is 14.4 Å². The molecule has 1 spiro atoms. The van der Waals surface area contributed by atoms with Crippen molar-refractivity contribution in [3.05, 3.63) is 35.4 Å².